The number of nitrogens with zero attached hydrogens (tertiary/aromatic N) is 2. The Balaban J connectivity index is 1.67. The highest BCUT2D eigenvalue weighted by Crippen LogP contribution is 2.36. The van der Waals surface area contributed by atoms with Crippen molar-refractivity contribution < 1.29 is 13.9 Å². The second-order valence-corrected chi connectivity index (χ2v) is 6.95. The van der Waals surface area contributed by atoms with Gasteiger partial charge in [-0.25, -0.2) is 9.37 Å². The summed E-state index contributed by atoms with van der Waals surface area (Å²) >= 11 is 1.37. The maximum atomic E-state index is 13.9. The average Bonchev–Trinajstić information content (AvgIpc) is 3.06. The van der Waals surface area contributed by atoms with Gasteiger partial charge in [-0.05, 0) is 37.8 Å². The molecular formula is C16H17FN2O2S. The molecule has 1 saturated heterocycles. The number of carbonyl (C=O) groups is 1. The summed E-state index contributed by atoms with van der Waals surface area (Å²) in [5.41, 5.74) is 0.350. The van der Waals surface area contributed by atoms with E-state index in [9.17, 15) is 9.18 Å². The first kappa shape index (κ1) is 14.1. The van der Waals surface area contributed by atoms with Crippen molar-refractivity contribution >= 4 is 32.6 Å². The molecule has 6 heteroatoms. The van der Waals surface area contributed by atoms with Gasteiger partial charge in [0.25, 0.3) is 0 Å². The van der Waals surface area contributed by atoms with Gasteiger partial charge in [0, 0.05) is 12.5 Å². The van der Waals surface area contributed by atoms with Crippen molar-refractivity contribution in [3.8, 4) is 0 Å². The van der Waals surface area contributed by atoms with Crippen molar-refractivity contribution in [3.63, 3.8) is 0 Å². The maximum absolute atomic E-state index is 13.9. The van der Waals surface area contributed by atoms with Crippen LogP contribution in [0.25, 0.3) is 10.2 Å². The van der Waals surface area contributed by atoms with Crippen molar-refractivity contribution in [1.29, 1.82) is 0 Å². The van der Waals surface area contributed by atoms with Crippen LogP contribution in [0.3, 0.4) is 0 Å². The molecule has 2 aliphatic rings. The molecule has 2 heterocycles. The minimum Gasteiger partial charge on any atom is -0.376 e. The highest BCUT2D eigenvalue weighted by molar-refractivity contribution is 7.22. The standard InChI is InChI=1S/C16H17FN2O2S/c17-12-4-1-5-13-14(12)18-16(22-13)19(15(20)10-6-7-10)9-11-3-2-8-21-11/h1,4-5,10-11H,2-3,6-9H2. The van der Waals surface area contributed by atoms with E-state index in [1.165, 1.54) is 17.4 Å². The van der Waals surface area contributed by atoms with E-state index in [0.717, 1.165) is 37.0 Å². The van der Waals surface area contributed by atoms with Crippen molar-refractivity contribution in [2.45, 2.75) is 31.8 Å². The van der Waals surface area contributed by atoms with Crippen LogP contribution in [0.1, 0.15) is 25.7 Å². The van der Waals surface area contributed by atoms with Crippen LogP contribution in [0.4, 0.5) is 9.52 Å². The number of aromatic nitrogens is 1. The van der Waals surface area contributed by atoms with Crippen molar-refractivity contribution in [2.75, 3.05) is 18.1 Å². The topological polar surface area (TPSA) is 42.4 Å². The van der Waals surface area contributed by atoms with E-state index in [1.807, 2.05) is 6.07 Å². The first-order chi connectivity index (χ1) is 10.7. The summed E-state index contributed by atoms with van der Waals surface area (Å²) < 4.78 is 20.3. The van der Waals surface area contributed by atoms with Gasteiger partial charge in [0.15, 0.2) is 5.13 Å². The van der Waals surface area contributed by atoms with Crippen LogP contribution in [0.2, 0.25) is 0 Å². The minimum absolute atomic E-state index is 0.0690. The number of rotatable bonds is 4. The molecule has 0 spiro atoms. The Labute approximate surface area is 131 Å². The molecule has 1 aromatic heterocycles. The molecule has 1 aromatic carbocycles. The predicted molar refractivity (Wildman–Crippen MR) is 83.6 cm³/mol. The normalized spacial score (nSPS) is 21.4. The number of ether oxygens (including phenoxy) is 1. The summed E-state index contributed by atoms with van der Waals surface area (Å²) in [7, 11) is 0. The fraction of sp³-hybridized carbons (Fsp3) is 0.500. The number of hydrogen-bond acceptors (Lipinski definition) is 4. The number of para-hydroxylation sites is 1. The molecule has 2 aromatic rings. The van der Waals surface area contributed by atoms with Gasteiger partial charge < -0.3 is 4.74 Å². The molecule has 4 rings (SSSR count). The molecule has 1 saturated carbocycles. The summed E-state index contributed by atoms with van der Waals surface area (Å²) in [6.07, 6.45) is 3.96. The smallest absolute Gasteiger partial charge is 0.231 e. The van der Waals surface area contributed by atoms with Crippen LogP contribution in [0.15, 0.2) is 18.2 Å². The Morgan fingerprint density at radius 2 is 2.27 bits per heavy atom. The summed E-state index contributed by atoms with van der Waals surface area (Å²) in [5.74, 6) is -0.121. The zero-order chi connectivity index (χ0) is 15.1. The molecular weight excluding hydrogens is 303 g/mol. The molecule has 22 heavy (non-hydrogen) atoms. The highest BCUT2D eigenvalue weighted by atomic mass is 32.1. The molecule has 4 nitrogen and oxygen atoms in total. The molecule has 116 valence electrons. The van der Waals surface area contributed by atoms with Crippen LogP contribution in [0.5, 0.6) is 0 Å². The lowest BCUT2D eigenvalue weighted by Crippen LogP contribution is -2.38. The molecule has 1 amide bonds. The number of thiazole rings is 1. The predicted octanol–water partition coefficient (Wildman–Crippen LogP) is 3.36. The van der Waals surface area contributed by atoms with Crippen molar-refractivity contribution in [1.82, 2.24) is 4.98 Å². The van der Waals surface area contributed by atoms with Crippen molar-refractivity contribution in [2.24, 2.45) is 5.92 Å². The summed E-state index contributed by atoms with van der Waals surface area (Å²) in [6.45, 7) is 1.28. The van der Waals surface area contributed by atoms with E-state index in [0.29, 0.717) is 17.2 Å². The van der Waals surface area contributed by atoms with Crippen molar-refractivity contribution in [3.05, 3.63) is 24.0 Å². The van der Waals surface area contributed by atoms with Gasteiger partial charge in [-0.2, -0.15) is 0 Å². The van der Waals surface area contributed by atoms with E-state index >= 15 is 0 Å². The molecule has 1 unspecified atom stereocenters. The number of anilines is 1. The van der Waals surface area contributed by atoms with Crippen LogP contribution in [0, 0.1) is 11.7 Å². The van der Waals surface area contributed by atoms with Gasteiger partial charge in [-0.3, -0.25) is 9.69 Å². The molecule has 0 N–H and O–H groups in total. The average molecular weight is 320 g/mol. The van der Waals surface area contributed by atoms with Gasteiger partial charge in [-0.15, -0.1) is 0 Å². The van der Waals surface area contributed by atoms with Crippen LogP contribution < -0.4 is 4.90 Å². The second-order valence-electron chi connectivity index (χ2n) is 5.94. The summed E-state index contributed by atoms with van der Waals surface area (Å²) in [6, 6.07) is 4.91. The van der Waals surface area contributed by atoms with E-state index in [1.54, 1.807) is 11.0 Å². The zero-order valence-electron chi connectivity index (χ0n) is 12.1. The van der Waals surface area contributed by atoms with Crippen LogP contribution in [-0.4, -0.2) is 30.1 Å². The van der Waals surface area contributed by atoms with Crippen LogP contribution >= 0.6 is 11.3 Å². The van der Waals surface area contributed by atoms with E-state index in [2.05, 4.69) is 4.98 Å². The molecule has 0 bridgehead atoms. The third-order valence-corrected chi connectivity index (χ3v) is 5.24. The fourth-order valence-electron chi connectivity index (χ4n) is 2.82. The first-order valence-electron chi connectivity index (χ1n) is 7.70. The Morgan fingerprint density at radius 3 is 2.95 bits per heavy atom. The quantitative estimate of drug-likeness (QED) is 0.867. The largest absolute Gasteiger partial charge is 0.376 e. The molecule has 1 aliphatic heterocycles. The lowest BCUT2D eigenvalue weighted by Gasteiger charge is -2.22. The molecule has 2 fully saturated rings. The Kier molecular flexibility index (Phi) is 3.58. The number of benzene rings is 1. The van der Waals surface area contributed by atoms with Gasteiger partial charge in [0.05, 0.1) is 17.3 Å². The zero-order valence-corrected chi connectivity index (χ0v) is 12.9. The lowest BCUT2D eigenvalue weighted by atomic mass is 10.2. The molecule has 1 aliphatic carbocycles. The van der Waals surface area contributed by atoms with E-state index in [4.69, 9.17) is 4.74 Å². The Hall–Kier alpha value is -1.53. The third-order valence-electron chi connectivity index (χ3n) is 4.19. The van der Waals surface area contributed by atoms with Gasteiger partial charge in [-0.1, -0.05) is 17.4 Å². The SMILES string of the molecule is O=C(C1CC1)N(CC1CCCO1)c1nc2c(F)cccc2s1. The third kappa shape index (κ3) is 2.61. The Morgan fingerprint density at radius 1 is 1.41 bits per heavy atom. The van der Waals surface area contributed by atoms with E-state index < -0.39 is 0 Å². The van der Waals surface area contributed by atoms with Gasteiger partial charge >= 0.3 is 0 Å². The monoisotopic (exact) mass is 320 g/mol. The second kappa shape index (κ2) is 5.59. The lowest BCUT2D eigenvalue weighted by molar-refractivity contribution is -0.120. The number of carbonyl (C=O) groups excluding carboxylic acids is 1. The van der Waals surface area contributed by atoms with Crippen LogP contribution in [-0.2, 0) is 9.53 Å². The minimum atomic E-state index is -0.337. The number of hydrogen-bond donors (Lipinski definition) is 0. The molecule has 1 atom stereocenters. The van der Waals surface area contributed by atoms with Gasteiger partial charge in [0.2, 0.25) is 5.91 Å². The number of halogens is 1. The van der Waals surface area contributed by atoms with Gasteiger partial charge in [0.1, 0.15) is 11.3 Å². The number of fused-ring (bicyclic) bond motifs is 1. The summed E-state index contributed by atoms with van der Waals surface area (Å²) in [5, 5.41) is 0.590. The Bertz CT molecular complexity index is 707. The number of amides is 1. The molecule has 0 radical (unpaired) electrons. The first-order valence-corrected chi connectivity index (χ1v) is 8.52. The fourth-order valence-corrected chi connectivity index (χ4v) is 3.82. The van der Waals surface area contributed by atoms with E-state index in [-0.39, 0.29) is 23.7 Å². The maximum Gasteiger partial charge on any atom is 0.231 e. The summed E-state index contributed by atoms with van der Waals surface area (Å²) in [4.78, 5) is 18.7. The highest BCUT2D eigenvalue weighted by Gasteiger charge is 2.36.